The van der Waals surface area contributed by atoms with Gasteiger partial charge in [-0.3, -0.25) is 14.2 Å². The van der Waals surface area contributed by atoms with Gasteiger partial charge in [0.1, 0.15) is 12.1 Å². The molecule has 0 radical (unpaired) electrons. The molecule has 5 aromatic heterocycles. The summed E-state index contributed by atoms with van der Waals surface area (Å²) < 4.78 is 28.5. The number of aromatic carboxylic acids is 2. The van der Waals surface area contributed by atoms with Crippen LogP contribution in [0.15, 0.2) is 67.4 Å². The number of nitrogens with zero attached hydrogens (tertiary/aromatic N) is 10. The third-order valence-corrected chi connectivity index (χ3v) is 6.88. The van der Waals surface area contributed by atoms with Crippen LogP contribution in [0.25, 0.3) is 11.5 Å². The molecular weight excluding hydrogens is 675 g/mol. The molecule has 0 atom stereocenters. The average molecular weight is 699 g/mol. The van der Waals surface area contributed by atoms with Crippen LogP contribution in [-0.4, -0.2) is 97.2 Å². The van der Waals surface area contributed by atoms with Crippen molar-refractivity contribution in [3.63, 3.8) is 0 Å². The Hall–Kier alpha value is -7.45. The van der Waals surface area contributed by atoms with Gasteiger partial charge >= 0.3 is 11.9 Å². The summed E-state index contributed by atoms with van der Waals surface area (Å²) >= 11 is 0. The second kappa shape index (κ2) is 14.8. The highest BCUT2D eigenvalue weighted by Gasteiger charge is 2.21. The number of rotatable bonds is 14. The number of pyridine rings is 1. The molecule has 0 saturated carbocycles. The maximum atomic E-state index is 14.8. The summed E-state index contributed by atoms with van der Waals surface area (Å²) in [4.78, 5) is 56.8. The number of amides is 2. The summed E-state index contributed by atoms with van der Waals surface area (Å²) in [5.41, 5.74) is -1.22. The SMILES string of the molecule is O=C(Nc1cc(OCCCCOc2cnc(C(=O)O)c(NC(=O)c3ccc4nnnn4n3)c2)c(F)cc1C(=O)O)c1ccc(-n2ccnc2)nn1. The van der Waals surface area contributed by atoms with Crippen LogP contribution in [0.2, 0.25) is 0 Å². The van der Waals surface area contributed by atoms with Crippen molar-refractivity contribution in [2.75, 3.05) is 23.8 Å². The maximum Gasteiger partial charge on any atom is 0.356 e. The first-order valence-corrected chi connectivity index (χ1v) is 14.7. The molecule has 0 bridgehead atoms. The molecule has 5 heterocycles. The number of unbranched alkanes of at least 4 members (excludes halogenated alkanes) is 1. The molecule has 0 aliphatic rings. The Morgan fingerprint density at radius 2 is 1.61 bits per heavy atom. The Morgan fingerprint density at radius 1 is 0.843 bits per heavy atom. The van der Waals surface area contributed by atoms with Crippen molar-refractivity contribution in [2.24, 2.45) is 0 Å². The molecule has 0 aliphatic heterocycles. The van der Waals surface area contributed by atoms with Crippen molar-refractivity contribution in [3.05, 3.63) is 95.8 Å². The van der Waals surface area contributed by atoms with E-state index in [1.807, 2.05) is 0 Å². The van der Waals surface area contributed by atoms with E-state index >= 15 is 0 Å². The third-order valence-electron chi connectivity index (χ3n) is 6.88. The highest BCUT2D eigenvalue weighted by molar-refractivity contribution is 6.07. The highest BCUT2D eigenvalue weighted by Crippen LogP contribution is 2.28. The Bertz CT molecular complexity index is 2250. The highest BCUT2D eigenvalue weighted by atomic mass is 19.1. The maximum absolute atomic E-state index is 14.8. The number of ether oxygens (including phenoxy) is 2. The normalized spacial score (nSPS) is 10.8. The van der Waals surface area contributed by atoms with Crippen molar-refractivity contribution >= 4 is 40.8 Å². The second-order valence-corrected chi connectivity index (χ2v) is 10.3. The van der Waals surface area contributed by atoms with E-state index in [9.17, 15) is 33.8 Å². The summed E-state index contributed by atoms with van der Waals surface area (Å²) in [5.74, 6) is -5.12. The molecule has 0 aliphatic carbocycles. The van der Waals surface area contributed by atoms with E-state index in [2.05, 4.69) is 51.4 Å². The number of aromatic nitrogens is 10. The molecule has 6 rings (SSSR count). The number of hydrogen-bond acceptors (Lipinski definition) is 14. The van der Waals surface area contributed by atoms with Crippen LogP contribution in [0.4, 0.5) is 15.8 Å². The average Bonchev–Trinajstić information content (AvgIpc) is 3.83. The van der Waals surface area contributed by atoms with Crippen LogP contribution in [0.5, 0.6) is 11.5 Å². The lowest BCUT2D eigenvalue weighted by Gasteiger charge is -2.13. The Kier molecular flexibility index (Phi) is 9.68. The van der Waals surface area contributed by atoms with Gasteiger partial charge < -0.3 is 30.3 Å². The number of nitrogens with one attached hydrogen (secondary N) is 2. The minimum absolute atomic E-state index is 0.0165. The minimum Gasteiger partial charge on any atom is -0.492 e. The molecule has 21 heteroatoms. The molecule has 0 unspecified atom stereocenters. The third kappa shape index (κ3) is 7.83. The molecule has 4 N–H and O–H groups in total. The number of imidazole rings is 1. The number of carbonyl (C=O) groups excluding carboxylic acids is 2. The predicted octanol–water partition coefficient (Wildman–Crippen LogP) is 2.17. The first-order chi connectivity index (χ1) is 24.7. The van der Waals surface area contributed by atoms with Crippen molar-refractivity contribution in [3.8, 4) is 17.3 Å². The lowest BCUT2D eigenvalue weighted by atomic mass is 10.1. The number of tetrazole rings is 1. The van der Waals surface area contributed by atoms with Crippen LogP contribution in [0, 0.1) is 5.82 Å². The van der Waals surface area contributed by atoms with Gasteiger partial charge in [-0.25, -0.2) is 23.9 Å². The Labute approximate surface area is 283 Å². The summed E-state index contributed by atoms with van der Waals surface area (Å²) in [7, 11) is 0. The Balaban J connectivity index is 1.03. The van der Waals surface area contributed by atoms with E-state index in [1.54, 1.807) is 17.0 Å². The number of carboxylic acid groups (broad SMARTS) is 2. The largest absolute Gasteiger partial charge is 0.492 e. The zero-order valence-corrected chi connectivity index (χ0v) is 25.9. The zero-order chi connectivity index (χ0) is 35.9. The molecule has 1 aromatic carbocycles. The fourth-order valence-electron chi connectivity index (χ4n) is 4.43. The minimum atomic E-state index is -1.48. The Morgan fingerprint density at radius 3 is 2.33 bits per heavy atom. The topological polar surface area (TPSA) is 264 Å². The van der Waals surface area contributed by atoms with Gasteiger partial charge in [-0.1, -0.05) is 0 Å². The molecule has 0 spiro atoms. The van der Waals surface area contributed by atoms with Gasteiger partial charge in [0.15, 0.2) is 40.1 Å². The molecule has 0 fully saturated rings. The fraction of sp³-hybridized carbons (Fsp3) is 0.133. The zero-order valence-electron chi connectivity index (χ0n) is 25.9. The molecular formula is C30H23FN12O8. The van der Waals surface area contributed by atoms with Gasteiger partial charge in [-0.2, -0.15) is 0 Å². The number of fused-ring (bicyclic) bond motifs is 1. The first-order valence-electron chi connectivity index (χ1n) is 14.7. The number of hydrogen-bond donors (Lipinski definition) is 4. The van der Waals surface area contributed by atoms with Crippen LogP contribution in [0.3, 0.4) is 0 Å². The van der Waals surface area contributed by atoms with E-state index < -0.39 is 40.8 Å². The molecule has 51 heavy (non-hydrogen) atoms. The summed E-state index contributed by atoms with van der Waals surface area (Å²) in [5, 5.41) is 46.5. The van der Waals surface area contributed by atoms with Crippen LogP contribution >= 0.6 is 0 Å². The lowest BCUT2D eigenvalue weighted by Crippen LogP contribution is -2.18. The standard InChI is InChI=1S/C30H23FN12O8/c31-18-12-17(29(46)47)21(34-27(44)19-3-5-24(37-36-19)42-8-7-32-15-42)13-23(18)51-10-2-1-9-50-16-11-22(26(30(48)49)33-14-16)35-28(45)20-4-6-25-38-40-41-43(25)39-20/h3-8,11-15H,1-2,9-10H2,(H,34,44)(H,35,45)(H,46,47)(H,48,49). The summed E-state index contributed by atoms with van der Waals surface area (Å²) in [6.45, 7) is 0.0855. The van der Waals surface area contributed by atoms with Gasteiger partial charge in [0, 0.05) is 24.5 Å². The monoisotopic (exact) mass is 698 g/mol. The summed E-state index contributed by atoms with van der Waals surface area (Å²) in [6, 6.07) is 8.79. The van der Waals surface area contributed by atoms with E-state index in [4.69, 9.17) is 9.47 Å². The molecule has 6 aromatic rings. The smallest absolute Gasteiger partial charge is 0.356 e. The van der Waals surface area contributed by atoms with Crippen molar-refractivity contribution in [1.82, 2.24) is 50.0 Å². The van der Waals surface area contributed by atoms with Crippen LogP contribution < -0.4 is 20.1 Å². The first kappa shape index (κ1) is 33.5. The number of carboxylic acids is 2. The fourth-order valence-corrected chi connectivity index (χ4v) is 4.43. The number of halogens is 1. The van der Waals surface area contributed by atoms with E-state index in [0.717, 1.165) is 16.8 Å². The van der Waals surface area contributed by atoms with E-state index in [0.29, 0.717) is 24.3 Å². The van der Waals surface area contributed by atoms with Gasteiger partial charge in [0.2, 0.25) is 0 Å². The number of benzene rings is 1. The van der Waals surface area contributed by atoms with Crippen molar-refractivity contribution in [1.29, 1.82) is 0 Å². The quantitative estimate of drug-likeness (QED) is 0.119. The molecule has 2 amide bonds. The van der Waals surface area contributed by atoms with Gasteiger partial charge in [0.25, 0.3) is 11.8 Å². The number of anilines is 2. The molecule has 20 nitrogen and oxygen atoms in total. The van der Waals surface area contributed by atoms with Crippen molar-refractivity contribution in [2.45, 2.75) is 12.8 Å². The second-order valence-electron chi connectivity index (χ2n) is 10.3. The van der Waals surface area contributed by atoms with Gasteiger partial charge in [-0.05, 0) is 53.6 Å². The van der Waals surface area contributed by atoms with Crippen LogP contribution in [-0.2, 0) is 0 Å². The van der Waals surface area contributed by atoms with Gasteiger partial charge in [0.05, 0.1) is 36.3 Å². The van der Waals surface area contributed by atoms with Crippen molar-refractivity contribution < 1.29 is 43.3 Å². The molecule has 258 valence electrons. The molecule has 0 saturated heterocycles. The number of carbonyl (C=O) groups is 4. The van der Waals surface area contributed by atoms with E-state index in [1.165, 1.54) is 42.9 Å². The van der Waals surface area contributed by atoms with Gasteiger partial charge in [-0.15, -0.1) is 25.0 Å². The predicted molar refractivity (Wildman–Crippen MR) is 168 cm³/mol. The summed E-state index contributed by atoms with van der Waals surface area (Å²) in [6.07, 6.45) is 6.57. The van der Waals surface area contributed by atoms with E-state index in [-0.39, 0.29) is 47.5 Å². The van der Waals surface area contributed by atoms with Crippen LogP contribution in [0.1, 0.15) is 54.7 Å². The lowest BCUT2D eigenvalue weighted by molar-refractivity contribution is 0.0683.